The summed E-state index contributed by atoms with van der Waals surface area (Å²) in [6.07, 6.45) is 0.716. The summed E-state index contributed by atoms with van der Waals surface area (Å²) in [5.41, 5.74) is 6.61. The number of carbonyl (C=O) groups excluding carboxylic acids is 1. The van der Waals surface area contributed by atoms with Crippen LogP contribution in [0, 0.1) is 5.92 Å². The number of benzene rings is 1. The van der Waals surface area contributed by atoms with Gasteiger partial charge >= 0.3 is 0 Å². The van der Waals surface area contributed by atoms with Gasteiger partial charge in [-0.2, -0.15) is 0 Å². The van der Waals surface area contributed by atoms with Gasteiger partial charge in [0.05, 0.1) is 10.0 Å². The molecular weight excluding hydrogens is 385 g/mol. The first-order chi connectivity index (χ1) is 12.6. The van der Waals surface area contributed by atoms with Crippen molar-refractivity contribution in [1.29, 1.82) is 0 Å². The monoisotopic (exact) mass is 411 g/mol. The normalized spacial score (nSPS) is 12.7. The Kier molecular flexibility index (Phi) is 7.25. The van der Waals surface area contributed by atoms with E-state index in [0.29, 0.717) is 40.4 Å². The molecule has 1 aromatic carbocycles. The number of amides is 1. The Morgan fingerprint density at radius 3 is 2.33 bits per heavy atom. The zero-order valence-electron chi connectivity index (χ0n) is 16.4. The van der Waals surface area contributed by atoms with E-state index in [4.69, 9.17) is 28.9 Å². The topological polar surface area (TPSA) is 77.0 Å². The summed E-state index contributed by atoms with van der Waals surface area (Å²) in [7, 11) is 1.73. The number of para-hydroxylation sites is 1. The van der Waals surface area contributed by atoms with Crippen LogP contribution in [0.5, 0.6) is 0 Å². The van der Waals surface area contributed by atoms with Crippen LogP contribution < -0.4 is 5.73 Å². The molecule has 27 heavy (non-hydrogen) atoms. The molecule has 0 aliphatic carbocycles. The second-order valence-corrected chi connectivity index (χ2v) is 8.17. The summed E-state index contributed by atoms with van der Waals surface area (Å²) >= 11 is 12.6. The summed E-state index contributed by atoms with van der Waals surface area (Å²) in [6, 6.07) is 5.27. The van der Waals surface area contributed by atoms with Gasteiger partial charge in [0.15, 0.2) is 0 Å². The summed E-state index contributed by atoms with van der Waals surface area (Å²) < 4.78 is 1.57. The predicted molar refractivity (Wildman–Crippen MR) is 110 cm³/mol. The van der Waals surface area contributed by atoms with Crippen molar-refractivity contribution in [3.8, 4) is 5.69 Å². The van der Waals surface area contributed by atoms with E-state index in [-0.39, 0.29) is 23.7 Å². The number of hydrogen-bond donors (Lipinski definition) is 1. The molecule has 2 aromatic rings. The zero-order valence-corrected chi connectivity index (χ0v) is 17.9. The SMILES string of the molecule is CC(C)c1nc(C(=O)N(C)CC[C@@H](N)C(C)C)nn1-c1c(Cl)cccc1Cl. The molecule has 0 spiro atoms. The average Bonchev–Trinajstić information content (AvgIpc) is 3.03. The van der Waals surface area contributed by atoms with Crippen LogP contribution in [0.25, 0.3) is 5.69 Å². The maximum Gasteiger partial charge on any atom is 0.293 e. The molecule has 2 N–H and O–H groups in total. The molecule has 8 heteroatoms. The van der Waals surface area contributed by atoms with Crippen molar-refractivity contribution in [2.24, 2.45) is 11.7 Å². The van der Waals surface area contributed by atoms with E-state index in [2.05, 4.69) is 23.9 Å². The van der Waals surface area contributed by atoms with Crippen molar-refractivity contribution in [3.63, 3.8) is 0 Å². The van der Waals surface area contributed by atoms with Gasteiger partial charge in [-0.15, -0.1) is 5.10 Å². The lowest BCUT2D eigenvalue weighted by molar-refractivity contribution is 0.0777. The molecule has 0 unspecified atom stereocenters. The predicted octanol–water partition coefficient (Wildman–Crippen LogP) is 4.14. The van der Waals surface area contributed by atoms with Crippen LogP contribution in [-0.2, 0) is 0 Å². The Morgan fingerprint density at radius 2 is 1.81 bits per heavy atom. The van der Waals surface area contributed by atoms with Crippen LogP contribution in [0.3, 0.4) is 0 Å². The Bertz CT molecular complexity index is 783. The molecule has 2 rings (SSSR count). The average molecular weight is 412 g/mol. The third kappa shape index (κ3) is 5.00. The second kappa shape index (κ2) is 9.04. The van der Waals surface area contributed by atoms with Crippen molar-refractivity contribution in [3.05, 3.63) is 39.9 Å². The lowest BCUT2D eigenvalue weighted by atomic mass is 10.0. The number of nitrogens with zero attached hydrogens (tertiary/aromatic N) is 4. The van der Waals surface area contributed by atoms with Crippen molar-refractivity contribution in [2.75, 3.05) is 13.6 Å². The minimum atomic E-state index is -0.255. The highest BCUT2D eigenvalue weighted by atomic mass is 35.5. The number of halogens is 2. The molecule has 0 aliphatic rings. The van der Waals surface area contributed by atoms with Crippen molar-refractivity contribution < 1.29 is 4.79 Å². The molecular formula is C19H27Cl2N5O. The van der Waals surface area contributed by atoms with Crippen LogP contribution in [0.1, 0.15) is 56.5 Å². The summed E-state index contributed by atoms with van der Waals surface area (Å²) in [5.74, 6) is 0.887. The maximum absolute atomic E-state index is 12.8. The Hall–Kier alpha value is -1.63. The van der Waals surface area contributed by atoms with Gasteiger partial charge in [-0.1, -0.05) is 57.0 Å². The van der Waals surface area contributed by atoms with Gasteiger partial charge in [-0.05, 0) is 24.5 Å². The minimum Gasteiger partial charge on any atom is -0.339 e. The van der Waals surface area contributed by atoms with Crippen LogP contribution in [-0.4, -0.2) is 45.2 Å². The molecule has 0 saturated carbocycles. The number of aromatic nitrogens is 3. The van der Waals surface area contributed by atoms with E-state index in [1.54, 1.807) is 34.8 Å². The molecule has 6 nitrogen and oxygen atoms in total. The maximum atomic E-state index is 12.8. The number of rotatable bonds is 7. The van der Waals surface area contributed by atoms with E-state index >= 15 is 0 Å². The highest BCUT2D eigenvalue weighted by molar-refractivity contribution is 6.37. The fraction of sp³-hybridized carbons (Fsp3) is 0.526. The molecule has 1 amide bonds. The van der Waals surface area contributed by atoms with Gasteiger partial charge < -0.3 is 10.6 Å². The third-order valence-corrected chi connectivity index (χ3v) is 5.10. The fourth-order valence-corrected chi connectivity index (χ4v) is 3.15. The lowest BCUT2D eigenvalue weighted by Gasteiger charge is -2.20. The minimum absolute atomic E-state index is 0.0334. The standard InChI is InChI=1S/C19H27Cl2N5O/c1-11(2)15(22)9-10-25(5)19(27)17-23-18(12(3)4)26(24-17)16-13(20)7-6-8-14(16)21/h6-8,11-12,15H,9-10,22H2,1-5H3/t15-/m1/s1. The van der Waals surface area contributed by atoms with E-state index in [9.17, 15) is 4.79 Å². The van der Waals surface area contributed by atoms with Crippen molar-refractivity contribution >= 4 is 29.1 Å². The number of nitrogens with two attached hydrogens (primary N) is 1. The fourth-order valence-electron chi connectivity index (χ4n) is 2.59. The van der Waals surface area contributed by atoms with Crippen molar-refractivity contribution in [2.45, 2.75) is 46.1 Å². The molecule has 148 valence electrons. The molecule has 0 fully saturated rings. The van der Waals surface area contributed by atoms with E-state index in [0.717, 1.165) is 0 Å². The third-order valence-electron chi connectivity index (χ3n) is 4.49. The summed E-state index contributed by atoms with van der Waals surface area (Å²) in [4.78, 5) is 18.9. The van der Waals surface area contributed by atoms with Gasteiger partial charge in [0.2, 0.25) is 5.82 Å². The first-order valence-corrected chi connectivity index (χ1v) is 9.81. The van der Waals surface area contributed by atoms with Gasteiger partial charge in [-0.3, -0.25) is 4.79 Å². The molecule has 1 atom stereocenters. The van der Waals surface area contributed by atoms with Gasteiger partial charge in [-0.25, -0.2) is 9.67 Å². The molecule has 1 aromatic heterocycles. The van der Waals surface area contributed by atoms with E-state index < -0.39 is 0 Å². The van der Waals surface area contributed by atoms with Crippen molar-refractivity contribution in [1.82, 2.24) is 19.7 Å². The quantitative estimate of drug-likeness (QED) is 0.742. The summed E-state index contributed by atoms with van der Waals surface area (Å²) in [5, 5.41) is 5.32. The molecule has 1 heterocycles. The Balaban J connectivity index is 2.33. The van der Waals surface area contributed by atoms with Crippen LogP contribution in [0.15, 0.2) is 18.2 Å². The second-order valence-electron chi connectivity index (χ2n) is 7.35. The lowest BCUT2D eigenvalue weighted by Crippen LogP contribution is -2.35. The molecule has 0 bridgehead atoms. The highest BCUT2D eigenvalue weighted by Gasteiger charge is 2.24. The molecule has 0 saturated heterocycles. The van der Waals surface area contributed by atoms with E-state index in [1.807, 2.05) is 13.8 Å². The highest BCUT2D eigenvalue weighted by Crippen LogP contribution is 2.30. The Labute approximate surface area is 170 Å². The zero-order chi connectivity index (χ0) is 20.3. The van der Waals surface area contributed by atoms with Crippen LogP contribution >= 0.6 is 23.2 Å². The van der Waals surface area contributed by atoms with E-state index in [1.165, 1.54) is 0 Å². The smallest absolute Gasteiger partial charge is 0.293 e. The van der Waals surface area contributed by atoms with Crippen LogP contribution in [0.2, 0.25) is 10.0 Å². The van der Waals surface area contributed by atoms with Gasteiger partial charge in [0, 0.05) is 25.6 Å². The van der Waals surface area contributed by atoms with Gasteiger partial charge in [0.25, 0.3) is 5.91 Å². The molecule has 0 radical (unpaired) electrons. The molecule has 0 aliphatic heterocycles. The van der Waals surface area contributed by atoms with Crippen LogP contribution in [0.4, 0.5) is 0 Å². The first kappa shape index (κ1) is 21.7. The number of hydrogen-bond acceptors (Lipinski definition) is 4. The number of carbonyl (C=O) groups is 1. The first-order valence-electron chi connectivity index (χ1n) is 9.05. The largest absolute Gasteiger partial charge is 0.339 e. The Morgan fingerprint density at radius 1 is 1.22 bits per heavy atom. The summed E-state index contributed by atoms with van der Waals surface area (Å²) in [6.45, 7) is 8.63. The van der Waals surface area contributed by atoms with Gasteiger partial charge in [0.1, 0.15) is 11.5 Å².